The van der Waals surface area contributed by atoms with Gasteiger partial charge in [0.2, 0.25) is 17.8 Å². The van der Waals surface area contributed by atoms with Gasteiger partial charge in [-0.2, -0.15) is 25.3 Å². The van der Waals surface area contributed by atoms with Crippen LogP contribution in [0.4, 0.5) is 26.6 Å². The molecule has 3 aromatic carbocycles. The number of benzene rings is 3. The SMILES string of the molecule is N#Cc1ccc(/C=N/Nc2nc(NCc3ccc(F)cc3)nc(NCc3ccc(F)cc3)n2)cc1. The molecule has 0 fully saturated rings. The van der Waals surface area contributed by atoms with Gasteiger partial charge in [0.15, 0.2) is 0 Å². The van der Waals surface area contributed by atoms with Crippen molar-refractivity contribution in [2.75, 3.05) is 16.1 Å². The Kier molecular flexibility index (Phi) is 7.50. The lowest BCUT2D eigenvalue weighted by atomic mass is 10.2. The maximum absolute atomic E-state index is 13.2. The average Bonchev–Trinajstić information content (AvgIpc) is 2.88. The molecule has 0 saturated carbocycles. The van der Waals surface area contributed by atoms with Crippen LogP contribution in [0.1, 0.15) is 22.3 Å². The van der Waals surface area contributed by atoms with Gasteiger partial charge in [-0.15, -0.1) is 0 Å². The van der Waals surface area contributed by atoms with Gasteiger partial charge < -0.3 is 10.6 Å². The third-order valence-corrected chi connectivity index (χ3v) is 4.78. The first kappa shape index (κ1) is 23.3. The number of hydrogen-bond acceptors (Lipinski definition) is 8. The molecule has 0 aliphatic carbocycles. The number of nitrogens with zero attached hydrogens (tertiary/aromatic N) is 5. The van der Waals surface area contributed by atoms with Crippen LogP contribution >= 0.6 is 0 Å². The van der Waals surface area contributed by atoms with Gasteiger partial charge in [-0.3, -0.25) is 0 Å². The van der Waals surface area contributed by atoms with Gasteiger partial charge in [-0.05, 0) is 53.1 Å². The van der Waals surface area contributed by atoms with E-state index in [1.807, 2.05) is 0 Å². The van der Waals surface area contributed by atoms with E-state index in [0.717, 1.165) is 16.7 Å². The number of rotatable bonds is 9. The van der Waals surface area contributed by atoms with E-state index in [2.05, 4.69) is 42.2 Å². The third kappa shape index (κ3) is 7.03. The monoisotopic (exact) mass is 470 g/mol. The molecule has 174 valence electrons. The Morgan fingerprint density at radius 2 is 1.20 bits per heavy atom. The van der Waals surface area contributed by atoms with Gasteiger partial charge in [0.25, 0.3) is 0 Å². The molecular weight excluding hydrogens is 450 g/mol. The van der Waals surface area contributed by atoms with Crippen molar-refractivity contribution in [3.05, 3.63) is 107 Å². The quantitative estimate of drug-likeness (QED) is 0.240. The number of nitrogens with one attached hydrogen (secondary N) is 3. The summed E-state index contributed by atoms with van der Waals surface area (Å²) in [6, 6.07) is 21.2. The van der Waals surface area contributed by atoms with E-state index < -0.39 is 0 Å². The van der Waals surface area contributed by atoms with Crippen LogP contribution in [-0.2, 0) is 13.1 Å². The van der Waals surface area contributed by atoms with E-state index >= 15 is 0 Å². The van der Waals surface area contributed by atoms with Gasteiger partial charge in [0.05, 0.1) is 17.8 Å². The van der Waals surface area contributed by atoms with Gasteiger partial charge in [0.1, 0.15) is 11.6 Å². The fourth-order valence-electron chi connectivity index (χ4n) is 2.96. The minimum atomic E-state index is -0.312. The molecule has 8 nitrogen and oxygen atoms in total. The van der Waals surface area contributed by atoms with Crippen LogP contribution in [-0.4, -0.2) is 21.2 Å². The van der Waals surface area contributed by atoms with E-state index in [4.69, 9.17) is 5.26 Å². The molecule has 3 N–H and O–H groups in total. The molecule has 35 heavy (non-hydrogen) atoms. The Hall–Kier alpha value is -4.91. The molecule has 0 spiro atoms. The maximum atomic E-state index is 13.2. The van der Waals surface area contributed by atoms with E-state index in [-0.39, 0.29) is 29.5 Å². The fraction of sp³-hybridized carbons (Fsp3) is 0.0800. The van der Waals surface area contributed by atoms with Crippen LogP contribution in [0.15, 0.2) is 77.9 Å². The Balaban J connectivity index is 1.48. The number of anilines is 3. The van der Waals surface area contributed by atoms with Crippen molar-refractivity contribution in [3.63, 3.8) is 0 Å². The summed E-state index contributed by atoms with van der Waals surface area (Å²) in [5.74, 6) is 0.123. The third-order valence-electron chi connectivity index (χ3n) is 4.78. The summed E-state index contributed by atoms with van der Waals surface area (Å²) < 4.78 is 26.3. The van der Waals surface area contributed by atoms with Gasteiger partial charge in [-0.25, -0.2) is 14.2 Å². The van der Waals surface area contributed by atoms with Crippen molar-refractivity contribution in [2.45, 2.75) is 13.1 Å². The Morgan fingerprint density at radius 1 is 0.714 bits per heavy atom. The summed E-state index contributed by atoms with van der Waals surface area (Å²) >= 11 is 0. The van der Waals surface area contributed by atoms with Crippen LogP contribution in [0.3, 0.4) is 0 Å². The van der Waals surface area contributed by atoms with Crippen LogP contribution in [0.25, 0.3) is 0 Å². The van der Waals surface area contributed by atoms with E-state index in [0.29, 0.717) is 18.7 Å². The van der Waals surface area contributed by atoms with E-state index in [1.165, 1.54) is 24.3 Å². The van der Waals surface area contributed by atoms with Crippen molar-refractivity contribution < 1.29 is 8.78 Å². The van der Waals surface area contributed by atoms with Crippen LogP contribution in [0.5, 0.6) is 0 Å². The number of halogens is 2. The molecule has 1 aromatic heterocycles. The Bertz CT molecular complexity index is 1260. The second-order valence-electron chi connectivity index (χ2n) is 7.37. The summed E-state index contributed by atoms with van der Waals surface area (Å²) in [6.07, 6.45) is 1.57. The molecule has 0 aliphatic rings. The minimum absolute atomic E-state index is 0.188. The molecule has 0 amide bonds. The smallest absolute Gasteiger partial charge is 0.250 e. The summed E-state index contributed by atoms with van der Waals surface area (Å²) in [4.78, 5) is 13.0. The van der Waals surface area contributed by atoms with Crippen molar-refractivity contribution in [1.29, 1.82) is 5.26 Å². The molecule has 1 heterocycles. The summed E-state index contributed by atoms with van der Waals surface area (Å²) in [5.41, 5.74) is 5.82. The number of aromatic nitrogens is 3. The standard InChI is InChI=1S/C25H20F2N8/c26-21-9-5-18(6-10-21)14-29-23-32-24(30-15-19-7-11-22(27)12-8-19)34-25(33-23)35-31-16-20-3-1-17(13-28)2-4-20/h1-12,16H,14-15H2,(H3,29,30,32,33,34,35)/b31-16+. The highest BCUT2D eigenvalue weighted by atomic mass is 19.1. The lowest BCUT2D eigenvalue weighted by Crippen LogP contribution is -2.11. The zero-order valence-electron chi connectivity index (χ0n) is 18.4. The van der Waals surface area contributed by atoms with Gasteiger partial charge in [0, 0.05) is 13.1 Å². The first-order valence-electron chi connectivity index (χ1n) is 10.6. The van der Waals surface area contributed by atoms with Crippen LogP contribution in [0, 0.1) is 23.0 Å². The van der Waals surface area contributed by atoms with Crippen molar-refractivity contribution in [1.82, 2.24) is 15.0 Å². The summed E-state index contributed by atoms with van der Waals surface area (Å²) in [6.45, 7) is 0.741. The second-order valence-corrected chi connectivity index (χ2v) is 7.37. The molecule has 0 unspecified atom stereocenters. The fourth-order valence-corrected chi connectivity index (χ4v) is 2.96. The highest BCUT2D eigenvalue weighted by Crippen LogP contribution is 2.13. The van der Waals surface area contributed by atoms with Crippen molar-refractivity contribution in [3.8, 4) is 6.07 Å². The first-order chi connectivity index (χ1) is 17.1. The minimum Gasteiger partial charge on any atom is -0.350 e. The second kappa shape index (κ2) is 11.3. The number of hydrazone groups is 1. The molecule has 10 heteroatoms. The van der Waals surface area contributed by atoms with Crippen LogP contribution in [0.2, 0.25) is 0 Å². The molecule has 4 aromatic rings. The number of nitriles is 1. The average molecular weight is 470 g/mol. The topological polar surface area (TPSA) is 111 Å². The molecular formula is C25H20F2N8. The van der Waals surface area contributed by atoms with E-state index in [1.54, 1.807) is 54.7 Å². The lowest BCUT2D eigenvalue weighted by Gasteiger charge is -2.10. The predicted molar refractivity (Wildman–Crippen MR) is 130 cm³/mol. The highest BCUT2D eigenvalue weighted by Gasteiger charge is 2.07. The molecule has 0 saturated heterocycles. The molecule has 0 radical (unpaired) electrons. The van der Waals surface area contributed by atoms with Gasteiger partial charge >= 0.3 is 0 Å². The van der Waals surface area contributed by atoms with Crippen LogP contribution < -0.4 is 16.1 Å². The Morgan fingerprint density at radius 3 is 1.69 bits per heavy atom. The molecule has 0 aliphatic heterocycles. The normalized spacial score (nSPS) is 10.7. The molecule has 4 rings (SSSR count). The first-order valence-corrected chi connectivity index (χ1v) is 10.6. The maximum Gasteiger partial charge on any atom is 0.250 e. The van der Waals surface area contributed by atoms with Gasteiger partial charge in [-0.1, -0.05) is 36.4 Å². The Labute approximate surface area is 200 Å². The lowest BCUT2D eigenvalue weighted by molar-refractivity contribution is 0.626. The largest absolute Gasteiger partial charge is 0.350 e. The zero-order chi connectivity index (χ0) is 24.5. The summed E-state index contributed by atoms with van der Waals surface area (Å²) in [5, 5.41) is 19.2. The molecule has 0 atom stereocenters. The summed E-state index contributed by atoms with van der Waals surface area (Å²) in [7, 11) is 0. The zero-order valence-corrected chi connectivity index (χ0v) is 18.4. The molecule has 0 bridgehead atoms. The van der Waals surface area contributed by atoms with Crippen molar-refractivity contribution >= 4 is 24.1 Å². The highest BCUT2D eigenvalue weighted by molar-refractivity contribution is 5.80. The number of hydrogen-bond donors (Lipinski definition) is 3. The van der Waals surface area contributed by atoms with E-state index in [9.17, 15) is 8.78 Å². The van der Waals surface area contributed by atoms with Crippen molar-refractivity contribution in [2.24, 2.45) is 5.10 Å². The predicted octanol–water partition coefficient (Wildman–Crippen LogP) is 4.69.